The van der Waals surface area contributed by atoms with E-state index >= 15 is 0 Å². The van der Waals surface area contributed by atoms with Crippen LogP contribution in [0.3, 0.4) is 0 Å². The van der Waals surface area contributed by atoms with Gasteiger partial charge in [-0.1, -0.05) is 11.6 Å². The highest BCUT2D eigenvalue weighted by Gasteiger charge is 2.00. The van der Waals surface area contributed by atoms with Crippen molar-refractivity contribution in [1.29, 1.82) is 0 Å². The summed E-state index contributed by atoms with van der Waals surface area (Å²) in [5, 5.41) is 4.39. The summed E-state index contributed by atoms with van der Waals surface area (Å²) in [6.07, 6.45) is 2.75. The second-order valence-electron chi connectivity index (χ2n) is 3.19. The summed E-state index contributed by atoms with van der Waals surface area (Å²) >= 11 is 12.6. The summed E-state index contributed by atoms with van der Waals surface area (Å²) in [6.45, 7) is 1.76. The van der Waals surface area contributed by atoms with Gasteiger partial charge in [-0.15, -0.1) is 22.7 Å². The summed E-state index contributed by atoms with van der Waals surface area (Å²) in [5.41, 5.74) is 0. The number of thiazole rings is 1. The van der Waals surface area contributed by atoms with E-state index in [4.69, 9.17) is 11.6 Å². The monoisotopic (exact) mass is 336 g/mol. The van der Waals surface area contributed by atoms with Crippen LogP contribution in [0.2, 0.25) is 4.34 Å². The Hall–Kier alpha value is 0.0600. The Kier molecular flexibility index (Phi) is 4.79. The molecule has 0 aliphatic carbocycles. The number of nitrogens with zero attached hydrogens (tertiary/aromatic N) is 1. The molecule has 0 atom stereocenters. The second-order valence-corrected chi connectivity index (χ2v) is 7.48. The molecule has 0 spiro atoms. The van der Waals surface area contributed by atoms with E-state index in [0.717, 1.165) is 28.9 Å². The Morgan fingerprint density at radius 2 is 2.25 bits per heavy atom. The number of halogens is 2. The third-order valence-corrected chi connectivity index (χ3v) is 4.78. The molecular weight excluding hydrogens is 328 g/mol. The topological polar surface area (TPSA) is 24.9 Å². The lowest BCUT2D eigenvalue weighted by atomic mass is 10.3. The standard InChI is InChI=1S/C10H10BrClN2S2/c11-8-2-1-7(15-8)3-4-13-6-10-14-5-9(12)16-10/h1-2,5,13H,3-4,6H2. The third kappa shape index (κ3) is 3.82. The van der Waals surface area contributed by atoms with Gasteiger partial charge in [0.1, 0.15) is 9.34 Å². The highest BCUT2D eigenvalue weighted by Crippen LogP contribution is 2.22. The summed E-state index contributed by atoms with van der Waals surface area (Å²) in [5.74, 6) is 0. The average Bonchev–Trinajstić information content (AvgIpc) is 2.83. The minimum absolute atomic E-state index is 0.749. The zero-order valence-corrected chi connectivity index (χ0v) is 12.3. The van der Waals surface area contributed by atoms with Crippen molar-refractivity contribution in [2.24, 2.45) is 0 Å². The number of rotatable bonds is 5. The highest BCUT2D eigenvalue weighted by atomic mass is 79.9. The molecule has 2 nitrogen and oxygen atoms in total. The van der Waals surface area contributed by atoms with Crippen LogP contribution in [0.25, 0.3) is 0 Å². The van der Waals surface area contributed by atoms with E-state index in [1.54, 1.807) is 17.5 Å². The van der Waals surface area contributed by atoms with Gasteiger partial charge in [-0.2, -0.15) is 0 Å². The van der Waals surface area contributed by atoms with E-state index in [2.05, 4.69) is 38.4 Å². The fraction of sp³-hybridized carbons (Fsp3) is 0.300. The molecule has 86 valence electrons. The first-order chi connectivity index (χ1) is 7.74. The van der Waals surface area contributed by atoms with Crippen LogP contribution >= 0.6 is 50.2 Å². The zero-order chi connectivity index (χ0) is 11.4. The molecule has 0 aliphatic rings. The highest BCUT2D eigenvalue weighted by molar-refractivity contribution is 9.11. The molecule has 1 N–H and O–H groups in total. The van der Waals surface area contributed by atoms with E-state index in [9.17, 15) is 0 Å². The predicted molar refractivity (Wildman–Crippen MR) is 74.6 cm³/mol. The number of hydrogen-bond acceptors (Lipinski definition) is 4. The van der Waals surface area contributed by atoms with Gasteiger partial charge in [0.25, 0.3) is 0 Å². The molecule has 0 aromatic carbocycles. The van der Waals surface area contributed by atoms with Crippen LogP contribution in [0.15, 0.2) is 22.1 Å². The molecule has 0 unspecified atom stereocenters. The summed E-state index contributed by atoms with van der Waals surface area (Å²) in [4.78, 5) is 5.57. The van der Waals surface area contributed by atoms with Crippen molar-refractivity contribution in [1.82, 2.24) is 10.3 Å². The molecule has 0 radical (unpaired) electrons. The lowest BCUT2D eigenvalue weighted by molar-refractivity contribution is 0.687. The number of thiophene rings is 1. The van der Waals surface area contributed by atoms with Crippen molar-refractivity contribution in [2.45, 2.75) is 13.0 Å². The first-order valence-electron chi connectivity index (χ1n) is 4.79. The molecule has 0 fully saturated rings. The Morgan fingerprint density at radius 1 is 1.38 bits per heavy atom. The average molecular weight is 338 g/mol. The quantitative estimate of drug-likeness (QED) is 0.836. The predicted octanol–water partition coefficient (Wildman–Crippen LogP) is 3.95. The lowest BCUT2D eigenvalue weighted by Crippen LogP contribution is -2.15. The minimum atomic E-state index is 0.749. The Labute approximate surface area is 116 Å². The van der Waals surface area contributed by atoms with Crippen LogP contribution in [0, 0.1) is 0 Å². The van der Waals surface area contributed by atoms with Crippen LogP contribution < -0.4 is 5.32 Å². The van der Waals surface area contributed by atoms with Crippen LogP contribution in [-0.2, 0) is 13.0 Å². The van der Waals surface area contributed by atoms with Crippen molar-refractivity contribution in [3.8, 4) is 0 Å². The molecule has 0 saturated heterocycles. The van der Waals surface area contributed by atoms with Gasteiger partial charge >= 0.3 is 0 Å². The molecule has 2 aromatic rings. The maximum Gasteiger partial charge on any atom is 0.113 e. The molecule has 6 heteroatoms. The van der Waals surface area contributed by atoms with Gasteiger partial charge in [0.15, 0.2) is 0 Å². The smallest absolute Gasteiger partial charge is 0.113 e. The van der Waals surface area contributed by atoms with E-state index in [1.165, 1.54) is 20.0 Å². The van der Waals surface area contributed by atoms with Crippen molar-refractivity contribution in [3.63, 3.8) is 0 Å². The minimum Gasteiger partial charge on any atom is -0.310 e. The maximum atomic E-state index is 5.80. The van der Waals surface area contributed by atoms with Crippen LogP contribution in [0.5, 0.6) is 0 Å². The fourth-order valence-electron chi connectivity index (χ4n) is 1.26. The van der Waals surface area contributed by atoms with Crippen LogP contribution in [0.1, 0.15) is 9.88 Å². The van der Waals surface area contributed by atoms with Crippen molar-refractivity contribution in [2.75, 3.05) is 6.54 Å². The molecule has 2 rings (SSSR count). The van der Waals surface area contributed by atoms with E-state index in [-0.39, 0.29) is 0 Å². The molecule has 0 bridgehead atoms. The SMILES string of the molecule is Clc1cnc(CNCCc2ccc(Br)s2)s1. The molecule has 0 aliphatic heterocycles. The largest absolute Gasteiger partial charge is 0.310 e. The summed E-state index contributed by atoms with van der Waals surface area (Å²) in [6, 6.07) is 4.23. The second kappa shape index (κ2) is 6.12. The first-order valence-corrected chi connectivity index (χ1v) is 7.59. The first kappa shape index (κ1) is 12.5. The molecular formula is C10H10BrClN2S2. The number of hydrogen-bond donors (Lipinski definition) is 1. The van der Waals surface area contributed by atoms with Crippen LogP contribution in [-0.4, -0.2) is 11.5 Å². The zero-order valence-electron chi connectivity index (χ0n) is 8.37. The third-order valence-electron chi connectivity index (χ3n) is 1.98. The molecule has 2 heterocycles. The van der Waals surface area contributed by atoms with Gasteiger partial charge in [0, 0.05) is 18.0 Å². The van der Waals surface area contributed by atoms with Gasteiger partial charge in [0.05, 0.1) is 9.98 Å². The fourth-order valence-corrected chi connectivity index (χ4v) is 3.67. The number of aromatic nitrogens is 1. The molecule has 16 heavy (non-hydrogen) atoms. The van der Waals surface area contributed by atoms with Gasteiger partial charge in [-0.05, 0) is 34.5 Å². The van der Waals surface area contributed by atoms with Gasteiger partial charge < -0.3 is 5.32 Å². The Morgan fingerprint density at radius 3 is 2.88 bits per heavy atom. The van der Waals surface area contributed by atoms with E-state index in [1.807, 2.05) is 0 Å². The van der Waals surface area contributed by atoms with Gasteiger partial charge in [-0.3, -0.25) is 0 Å². The Balaban J connectivity index is 1.69. The Bertz CT molecular complexity index is 413. The molecule has 2 aromatic heterocycles. The van der Waals surface area contributed by atoms with E-state index in [0.29, 0.717) is 0 Å². The van der Waals surface area contributed by atoms with Crippen molar-refractivity contribution >= 4 is 50.2 Å². The van der Waals surface area contributed by atoms with Gasteiger partial charge in [0.2, 0.25) is 0 Å². The van der Waals surface area contributed by atoms with Crippen LogP contribution in [0.4, 0.5) is 0 Å². The van der Waals surface area contributed by atoms with Gasteiger partial charge in [-0.25, -0.2) is 4.98 Å². The number of nitrogens with one attached hydrogen (secondary N) is 1. The van der Waals surface area contributed by atoms with Crippen molar-refractivity contribution < 1.29 is 0 Å². The lowest BCUT2D eigenvalue weighted by Gasteiger charge is -2.00. The van der Waals surface area contributed by atoms with E-state index < -0.39 is 0 Å². The maximum absolute atomic E-state index is 5.80. The van der Waals surface area contributed by atoms with Crippen molar-refractivity contribution in [3.05, 3.63) is 36.3 Å². The summed E-state index contributed by atoms with van der Waals surface area (Å²) < 4.78 is 1.94. The summed E-state index contributed by atoms with van der Waals surface area (Å²) in [7, 11) is 0. The normalized spacial score (nSPS) is 10.9. The molecule has 0 amide bonds. The molecule has 0 saturated carbocycles.